The molecule has 1 aliphatic carbocycles. The van der Waals surface area contributed by atoms with Gasteiger partial charge in [-0.2, -0.15) is 0 Å². The van der Waals surface area contributed by atoms with Gasteiger partial charge >= 0.3 is 0 Å². The Bertz CT molecular complexity index is 513. The third kappa shape index (κ3) is 2.53. The van der Waals surface area contributed by atoms with E-state index in [1.165, 1.54) is 50.7 Å². The number of hydrogen-bond donors (Lipinski definition) is 1. The van der Waals surface area contributed by atoms with E-state index in [1.807, 2.05) is 6.07 Å². The van der Waals surface area contributed by atoms with Crippen LogP contribution in [0.4, 0.5) is 10.1 Å². The van der Waals surface area contributed by atoms with Crippen LogP contribution in [0, 0.1) is 11.2 Å². The van der Waals surface area contributed by atoms with Crippen LogP contribution in [0.5, 0.6) is 0 Å². The van der Waals surface area contributed by atoms with Gasteiger partial charge < -0.3 is 10.6 Å². The fourth-order valence-electron chi connectivity index (χ4n) is 3.83. The Morgan fingerprint density at radius 1 is 1.15 bits per heavy atom. The van der Waals surface area contributed by atoms with Crippen LogP contribution in [0.25, 0.3) is 0 Å². The molecule has 1 aromatic rings. The lowest BCUT2D eigenvalue weighted by atomic mass is 9.77. The monoisotopic (exact) mass is 292 g/mol. The van der Waals surface area contributed by atoms with Gasteiger partial charge in [-0.3, -0.25) is 0 Å². The van der Waals surface area contributed by atoms with Crippen molar-refractivity contribution in [2.75, 3.05) is 18.0 Å². The second-order valence-corrected chi connectivity index (χ2v) is 6.66. The largest absolute Gasteiger partial charge is 0.389 e. The van der Waals surface area contributed by atoms with E-state index in [2.05, 4.69) is 4.90 Å². The van der Waals surface area contributed by atoms with E-state index in [0.29, 0.717) is 11.0 Å². The molecule has 2 nitrogen and oxygen atoms in total. The molecule has 0 aromatic heterocycles. The summed E-state index contributed by atoms with van der Waals surface area (Å²) in [4.78, 5) is 2.60. The number of hydrogen-bond acceptors (Lipinski definition) is 2. The van der Waals surface area contributed by atoms with E-state index >= 15 is 0 Å². The van der Waals surface area contributed by atoms with Gasteiger partial charge in [0.15, 0.2) is 0 Å². The summed E-state index contributed by atoms with van der Waals surface area (Å²) >= 11 is 5.06. The first-order valence-corrected chi connectivity index (χ1v) is 7.85. The normalized spacial score (nSPS) is 21.4. The Balaban J connectivity index is 1.79. The van der Waals surface area contributed by atoms with Gasteiger partial charge in [0.25, 0.3) is 0 Å². The maximum Gasteiger partial charge on any atom is 0.124 e. The van der Waals surface area contributed by atoms with Crippen molar-refractivity contribution in [1.82, 2.24) is 0 Å². The lowest BCUT2D eigenvalue weighted by Crippen LogP contribution is -2.39. The molecule has 3 rings (SSSR count). The molecule has 2 aliphatic rings. The Kier molecular flexibility index (Phi) is 3.67. The van der Waals surface area contributed by atoms with Gasteiger partial charge in [-0.15, -0.1) is 0 Å². The smallest absolute Gasteiger partial charge is 0.124 e. The van der Waals surface area contributed by atoms with Gasteiger partial charge in [-0.25, -0.2) is 4.39 Å². The van der Waals surface area contributed by atoms with Gasteiger partial charge in [0.05, 0.1) is 0 Å². The summed E-state index contributed by atoms with van der Waals surface area (Å²) in [7, 11) is 0. The number of nitrogens with two attached hydrogens (primary N) is 1. The maximum absolute atomic E-state index is 13.4. The predicted octanol–water partition coefficient (Wildman–Crippen LogP) is 3.62. The van der Waals surface area contributed by atoms with Crippen molar-refractivity contribution in [3.63, 3.8) is 0 Å². The second-order valence-electron chi connectivity index (χ2n) is 6.22. The first kappa shape index (κ1) is 13.8. The number of thiocarbonyl (C=S) groups is 1. The minimum absolute atomic E-state index is 0.277. The molecule has 0 unspecified atom stereocenters. The molecule has 1 aliphatic heterocycles. The van der Waals surface area contributed by atoms with Crippen molar-refractivity contribution in [2.45, 2.75) is 38.5 Å². The molecule has 1 heterocycles. The van der Waals surface area contributed by atoms with Gasteiger partial charge in [-0.1, -0.05) is 25.1 Å². The zero-order valence-electron chi connectivity index (χ0n) is 11.7. The standard InChI is InChI=1S/C16H21FN2S/c17-12-3-4-14(13(11-12)15(18)20)19-9-7-16(8-10-19)5-1-2-6-16/h3-4,11H,1-2,5-10H2,(H2,18,20). The fourth-order valence-corrected chi connectivity index (χ4v) is 3.99. The third-order valence-corrected chi connectivity index (χ3v) is 5.27. The summed E-state index contributed by atoms with van der Waals surface area (Å²) in [6.45, 7) is 2.06. The van der Waals surface area contributed by atoms with Gasteiger partial charge in [-0.05, 0) is 49.3 Å². The maximum atomic E-state index is 13.4. The van der Waals surface area contributed by atoms with Crippen LogP contribution in [-0.4, -0.2) is 18.1 Å². The minimum Gasteiger partial charge on any atom is -0.389 e. The number of piperidine rings is 1. The summed E-state index contributed by atoms with van der Waals surface area (Å²) in [6, 6.07) is 4.77. The molecule has 0 radical (unpaired) electrons. The Labute approximate surface area is 125 Å². The van der Waals surface area contributed by atoms with Crippen molar-refractivity contribution in [1.29, 1.82) is 0 Å². The molecule has 108 valence electrons. The molecule has 0 amide bonds. The SMILES string of the molecule is NC(=S)c1cc(F)ccc1N1CCC2(CCCC2)CC1. The van der Waals surface area contributed by atoms with Crippen molar-refractivity contribution >= 4 is 22.9 Å². The zero-order chi connectivity index (χ0) is 14.2. The van der Waals surface area contributed by atoms with E-state index in [4.69, 9.17) is 18.0 Å². The highest BCUT2D eigenvalue weighted by atomic mass is 32.1. The van der Waals surface area contributed by atoms with E-state index in [9.17, 15) is 4.39 Å². The molecular formula is C16H21FN2S. The molecule has 1 aromatic carbocycles. The molecule has 1 saturated heterocycles. The van der Waals surface area contributed by atoms with Crippen LogP contribution in [-0.2, 0) is 0 Å². The number of nitrogens with zero attached hydrogens (tertiary/aromatic N) is 1. The van der Waals surface area contributed by atoms with Crippen LogP contribution in [0.3, 0.4) is 0 Å². The molecule has 2 N–H and O–H groups in total. The number of rotatable bonds is 2. The van der Waals surface area contributed by atoms with Crippen LogP contribution in [0.1, 0.15) is 44.1 Å². The van der Waals surface area contributed by atoms with Gasteiger partial charge in [0.1, 0.15) is 10.8 Å². The lowest BCUT2D eigenvalue weighted by Gasteiger charge is -2.41. The van der Waals surface area contributed by atoms with E-state index in [1.54, 1.807) is 0 Å². The topological polar surface area (TPSA) is 29.3 Å². The molecule has 2 fully saturated rings. The summed E-state index contributed by atoms with van der Waals surface area (Å²) in [6.07, 6.45) is 8.00. The Morgan fingerprint density at radius 3 is 2.40 bits per heavy atom. The molecule has 0 bridgehead atoms. The minimum atomic E-state index is -0.277. The third-order valence-electron chi connectivity index (χ3n) is 5.05. The van der Waals surface area contributed by atoms with Crippen LogP contribution < -0.4 is 10.6 Å². The second kappa shape index (κ2) is 5.32. The highest BCUT2D eigenvalue weighted by Gasteiger charge is 2.37. The van der Waals surface area contributed by atoms with Crippen molar-refractivity contribution in [3.05, 3.63) is 29.6 Å². The Morgan fingerprint density at radius 2 is 1.80 bits per heavy atom. The molecule has 0 atom stereocenters. The summed E-state index contributed by atoms with van der Waals surface area (Å²) in [5.74, 6) is -0.277. The predicted molar refractivity (Wildman–Crippen MR) is 84.6 cm³/mol. The van der Waals surface area contributed by atoms with Gasteiger partial charge in [0, 0.05) is 24.3 Å². The van der Waals surface area contributed by atoms with Crippen LogP contribution >= 0.6 is 12.2 Å². The van der Waals surface area contributed by atoms with Crippen LogP contribution in [0.15, 0.2) is 18.2 Å². The molecular weight excluding hydrogens is 271 g/mol. The average Bonchev–Trinajstić information content (AvgIpc) is 2.88. The van der Waals surface area contributed by atoms with Crippen molar-refractivity contribution < 1.29 is 4.39 Å². The van der Waals surface area contributed by atoms with Crippen LogP contribution in [0.2, 0.25) is 0 Å². The first-order valence-electron chi connectivity index (χ1n) is 7.44. The van der Waals surface area contributed by atoms with Crippen molar-refractivity contribution in [3.8, 4) is 0 Å². The molecule has 20 heavy (non-hydrogen) atoms. The first-order chi connectivity index (χ1) is 9.60. The Hall–Kier alpha value is -1.16. The average molecular weight is 292 g/mol. The lowest BCUT2D eigenvalue weighted by molar-refractivity contribution is 0.226. The number of halogens is 1. The van der Waals surface area contributed by atoms with E-state index < -0.39 is 0 Å². The molecule has 1 saturated carbocycles. The number of benzene rings is 1. The van der Waals surface area contributed by atoms with Crippen molar-refractivity contribution in [2.24, 2.45) is 11.1 Å². The quantitative estimate of drug-likeness (QED) is 0.844. The summed E-state index contributed by atoms with van der Waals surface area (Å²) in [5, 5.41) is 0. The highest BCUT2D eigenvalue weighted by molar-refractivity contribution is 7.80. The fraction of sp³-hybridized carbons (Fsp3) is 0.562. The highest BCUT2D eigenvalue weighted by Crippen LogP contribution is 2.46. The van der Waals surface area contributed by atoms with E-state index in [-0.39, 0.29) is 10.8 Å². The summed E-state index contributed by atoms with van der Waals surface area (Å²) in [5.41, 5.74) is 7.99. The van der Waals surface area contributed by atoms with E-state index in [0.717, 1.165) is 18.8 Å². The zero-order valence-corrected chi connectivity index (χ0v) is 12.5. The van der Waals surface area contributed by atoms with Gasteiger partial charge in [0.2, 0.25) is 0 Å². The number of anilines is 1. The molecule has 1 spiro atoms. The molecule has 4 heteroatoms. The summed E-state index contributed by atoms with van der Waals surface area (Å²) < 4.78 is 13.4.